The van der Waals surface area contributed by atoms with E-state index in [1.807, 2.05) is 0 Å². The number of alkyl halides is 3. The quantitative estimate of drug-likeness (QED) is 0.926. The number of nitrogens with two attached hydrogens (primary N) is 1. The Kier molecular flexibility index (Phi) is 4.63. The first-order valence-corrected chi connectivity index (χ1v) is 8.60. The average Bonchev–Trinajstić information content (AvgIpc) is 2.68. The summed E-state index contributed by atoms with van der Waals surface area (Å²) in [4.78, 5) is 0. The molecule has 118 valence electrons. The Morgan fingerprint density at radius 1 is 1.24 bits per heavy atom. The van der Waals surface area contributed by atoms with Crippen molar-refractivity contribution in [2.24, 2.45) is 11.7 Å². The molecule has 0 aliphatic carbocycles. The summed E-state index contributed by atoms with van der Waals surface area (Å²) >= 11 is 0. The highest BCUT2D eigenvalue weighted by Gasteiger charge is 2.30. The summed E-state index contributed by atoms with van der Waals surface area (Å²) in [6.07, 6.45) is -2.67. The van der Waals surface area contributed by atoms with E-state index >= 15 is 0 Å². The first kappa shape index (κ1) is 16.3. The van der Waals surface area contributed by atoms with Gasteiger partial charge in [0.1, 0.15) is 0 Å². The Labute approximate surface area is 122 Å². The lowest BCUT2D eigenvalue weighted by Crippen LogP contribution is -2.26. The lowest BCUT2D eigenvalue weighted by molar-refractivity contribution is -0.137. The number of rotatable bonds is 4. The maximum absolute atomic E-state index is 12.4. The van der Waals surface area contributed by atoms with E-state index in [1.54, 1.807) is 0 Å². The van der Waals surface area contributed by atoms with Gasteiger partial charge in [0.15, 0.2) is 9.84 Å². The number of sulfone groups is 1. The van der Waals surface area contributed by atoms with Gasteiger partial charge in [-0.2, -0.15) is 13.2 Å². The van der Waals surface area contributed by atoms with Crippen LogP contribution in [0, 0.1) is 5.92 Å². The van der Waals surface area contributed by atoms with Gasteiger partial charge in [0.05, 0.1) is 17.1 Å². The molecule has 1 saturated heterocycles. The van der Waals surface area contributed by atoms with Crippen molar-refractivity contribution in [2.75, 3.05) is 11.5 Å². The van der Waals surface area contributed by atoms with Crippen LogP contribution in [0.2, 0.25) is 0 Å². The number of hydrogen-bond acceptors (Lipinski definition) is 3. The third-order valence-corrected chi connectivity index (χ3v) is 5.58. The van der Waals surface area contributed by atoms with Crippen LogP contribution in [0.1, 0.15) is 24.0 Å². The van der Waals surface area contributed by atoms with Crippen LogP contribution in [0.3, 0.4) is 0 Å². The van der Waals surface area contributed by atoms with Crippen molar-refractivity contribution in [1.82, 2.24) is 0 Å². The summed E-state index contributed by atoms with van der Waals surface area (Å²) in [6, 6.07) is 4.70. The van der Waals surface area contributed by atoms with Gasteiger partial charge in [0.25, 0.3) is 0 Å². The fraction of sp³-hybridized carbons (Fsp3) is 0.571. The molecule has 0 amide bonds. The molecule has 0 spiro atoms. The average molecular weight is 321 g/mol. The SMILES string of the molecule is NC(Cc1ccc(C(F)(F)F)cc1)CC1CCS(=O)(=O)C1. The highest BCUT2D eigenvalue weighted by molar-refractivity contribution is 7.91. The third-order valence-electron chi connectivity index (χ3n) is 3.74. The first-order valence-electron chi connectivity index (χ1n) is 6.78. The molecule has 2 rings (SSSR count). The highest BCUT2D eigenvalue weighted by atomic mass is 32.2. The second kappa shape index (κ2) is 5.96. The normalized spacial score (nSPS) is 23.1. The van der Waals surface area contributed by atoms with Gasteiger partial charge in [0, 0.05) is 6.04 Å². The minimum atomic E-state index is -4.33. The molecule has 1 aliphatic heterocycles. The smallest absolute Gasteiger partial charge is 0.327 e. The Hall–Kier alpha value is -1.08. The summed E-state index contributed by atoms with van der Waals surface area (Å²) in [5.41, 5.74) is 6.03. The zero-order valence-corrected chi connectivity index (χ0v) is 12.3. The molecule has 0 aromatic heterocycles. The summed E-state index contributed by atoms with van der Waals surface area (Å²) < 4.78 is 60.1. The lowest BCUT2D eigenvalue weighted by Gasteiger charge is -2.16. The molecular weight excluding hydrogens is 303 g/mol. The van der Waals surface area contributed by atoms with Crippen molar-refractivity contribution < 1.29 is 21.6 Å². The molecule has 2 atom stereocenters. The topological polar surface area (TPSA) is 60.2 Å². The van der Waals surface area contributed by atoms with Gasteiger partial charge in [-0.1, -0.05) is 12.1 Å². The van der Waals surface area contributed by atoms with Crippen molar-refractivity contribution in [3.63, 3.8) is 0 Å². The molecule has 0 radical (unpaired) electrons. The maximum Gasteiger partial charge on any atom is 0.416 e. The van der Waals surface area contributed by atoms with E-state index < -0.39 is 21.6 Å². The van der Waals surface area contributed by atoms with Gasteiger partial charge in [-0.15, -0.1) is 0 Å². The molecule has 1 aromatic rings. The van der Waals surface area contributed by atoms with Crippen LogP contribution >= 0.6 is 0 Å². The Morgan fingerprint density at radius 3 is 2.33 bits per heavy atom. The number of halogens is 3. The van der Waals surface area contributed by atoms with Gasteiger partial charge in [-0.25, -0.2) is 8.42 Å². The largest absolute Gasteiger partial charge is 0.416 e. The summed E-state index contributed by atoms with van der Waals surface area (Å²) in [7, 11) is -2.92. The van der Waals surface area contributed by atoms with E-state index in [-0.39, 0.29) is 23.5 Å². The zero-order valence-electron chi connectivity index (χ0n) is 11.4. The molecule has 2 N–H and O–H groups in total. The molecule has 2 unspecified atom stereocenters. The molecular formula is C14H18F3NO2S. The monoisotopic (exact) mass is 321 g/mol. The van der Waals surface area contributed by atoms with Crippen LogP contribution in [0.4, 0.5) is 13.2 Å². The van der Waals surface area contributed by atoms with Crippen LogP contribution in [0.5, 0.6) is 0 Å². The minimum absolute atomic E-state index is 0.0689. The molecule has 0 bridgehead atoms. The fourth-order valence-electron chi connectivity index (χ4n) is 2.70. The van der Waals surface area contributed by atoms with E-state index in [2.05, 4.69) is 0 Å². The molecule has 0 saturated carbocycles. The molecule has 7 heteroatoms. The molecule has 1 fully saturated rings. The van der Waals surface area contributed by atoms with Gasteiger partial charge in [-0.3, -0.25) is 0 Å². The predicted octanol–water partition coefficient (Wildman–Crippen LogP) is 2.40. The number of benzene rings is 1. The molecule has 21 heavy (non-hydrogen) atoms. The molecule has 1 aromatic carbocycles. The van der Waals surface area contributed by atoms with Gasteiger partial charge < -0.3 is 5.73 Å². The van der Waals surface area contributed by atoms with Gasteiger partial charge in [-0.05, 0) is 42.9 Å². The standard InChI is InChI=1S/C14H18F3NO2S/c15-14(16,17)12-3-1-10(2-4-12)7-13(18)8-11-5-6-21(19,20)9-11/h1-4,11,13H,5-9,18H2. The third kappa shape index (κ3) is 4.71. The summed E-state index contributed by atoms with van der Waals surface area (Å²) in [5.74, 6) is 0.456. The van der Waals surface area contributed by atoms with Crippen LogP contribution in [0.15, 0.2) is 24.3 Å². The Balaban J connectivity index is 1.90. The molecule has 1 heterocycles. The minimum Gasteiger partial charge on any atom is -0.327 e. The zero-order chi connectivity index (χ0) is 15.7. The van der Waals surface area contributed by atoms with Crippen molar-refractivity contribution in [1.29, 1.82) is 0 Å². The van der Waals surface area contributed by atoms with E-state index in [9.17, 15) is 21.6 Å². The maximum atomic E-state index is 12.4. The second-order valence-corrected chi connectivity index (χ2v) is 7.89. The Morgan fingerprint density at radius 2 is 1.86 bits per heavy atom. The highest BCUT2D eigenvalue weighted by Crippen LogP contribution is 2.29. The van der Waals surface area contributed by atoms with E-state index in [4.69, 9.17) is 5.73 Å². The van der Waals surface area contributed by atoms with E-state index in [0.717, 1.165) is 17.7 Å². The van der Waals surface area contributed by atoms with Gasteiger partial charge >= 0.3 is 6.18 Å². The van der Waals surface area contributed by atoms with E-state index in [1.165, 1.54) is 12.1 Å². The van der Waals surface area contributed by atoms with Crippen molar-refractivity contribution in [3.05, 3.63) is 35.4 Å². The van der Waals surface area contributed by atoms with Crippen molar-refractivity contribution >= 4 is 9.84 Å². The second-order valence-electron chi connectivity index (χ2n) is 5.66. The van der Waals surface area contributed by atoms with Crippen LogP contribution in [-0.2, 0) is 22.4 Å². The predicted molar refractivity (Wildman–Crippen MR) is 74.5 cm³/mol. The van der Waals surface area contributed by atoms with Crippen LogP contribution < -0.4 is 5.73 Å². The number of hydrogen-bond donors (Lipinski definition) is 1. The first-order chi connectivity index (χ1) is 9.66. The van der Waals surface area contributed by atoms with Crippen LogP contribution in [-0.4, -0.2) is 26.0 Å². The molecule has 3 nitrogen and oxygen atoms in total. The summed E-state index contributed by atoms with van der Waals surface area (Å²) in [6.45, 7) is 0. The van der Waals surface area contributed by atoms with Gasteiger partial charge in [0.2, 0.25) is 0 Å². The fourth-order valence-corrected chi connectivity index (χ4v) is 4.58. The van der Waals surface area contributed by atoms with Crippen molar-refractivity contribution in [3.8, 4) is 0 Å². The lowest BCUT2D eigenvalue weighted by atomic mass is 9.95. The van der Waals surface area contributed by atoms with Crippen molar-refractivity contribution in [2.45, 2.75) is 31.5 Å². The summed E-state index contributed by atoms with van der Waals surface area (Å²) in [5, 5.41) is 0. The molecule has 1 aliphatic rings. The van der Waals surface area contributed by atoms with E-state index in [0.29, 0.717) is 19.3 Å². The Bertz CT molecular complexity index is 581. The van der Waals surface area contributed by atoms with Crippen LogP contribution in [0.25, 0.3) is 0 Å².